The molecule has 1 heterocycles. The van der Waals surface area contributed by atoms with Crippen LogP contribution in [0, 0.1) is 0 Å². The summed E-state index contributed by atoms with van der Waals surface area (Å²) in [7, 11) is 1.38. The number of hydrogen-bond donors (Lipinski definition) is 2. The Morgan fingerprint density at radius 1 is 1.37 bits per heavy atom. The lowest BCUT2D eigenvalue weighted by Crippen LogP contribution is -2.32. The van der Waals surface area contributed by atoms with Gasteiger partial charge in [-0.25, -0.2) is 4.79 Å². The Morgan fingerprint density at radius 3 is 2.79 bits per heavy atom. The van der Waals surface area contributed by atoms with Crippen LogP contribution >= 0.6 is 0 Å². The fourth-order valence-electron chi connectivity index (χ4n) is 1.98. The summed E-state index contributed by atoms with van der Waals surface area (Å²) in [5.74, 6) is -0.327. The number of carbonyl (C=O) groups excluding carboxylic acids is 1. The summed E-state index contributed by atoms with van der Waals surface area (Å²) < 4.78 is 4.65. The molecule has 0 atom stereocenters. The molecule has 0 aliphatic heterocycles. The number of esters is 1. The minimum Gasteiger partial charge on any atom is -0.464 e. The number of nitrogens with zero attached hydrogens (tertiary/aromatic N) is 1. The first-order valence-electron chi connectivity index (χ1n) is 6.90. The molecular weight excluding hydrogens is 242 g/mol. The fraction of sp³-hybridized carbons (Fsp3) is 0.643. The molecule has 5 nitrogen and oxygen atoms in total. The third-order valence-corrected chi connectivity index (χ3v) is 3.06. The first-order chi connectivity index (χ1) is 9.21. The molecule has 0 saturated heterocycles. The fourth-order valence-corrected chi connectivity index (χ4v) is 1.98. The molecule has 0 unspecified atom stereocenters. The molecule has 0 aromatic carbocycles. The minimum absolute atomic E-state index is 0.327. The van der Waals surface area contributed by atoms with Crippen molar-refractivity contribution in [3.63, 3.8) is 0 Å². The minimum atomic E-state index is -0.327. The van der Waals surface area contributed by atoms with Gasteiger partial charge in [0.1, 0.15) is 5.69 Å². The summed E-state index contributed by atoms with van der Waals surface area (Å²) >= 11 is 0. The lowest BCUT2D eigenvalue weighted by atomic mass is 10.4. The summed E-state index contributed by atoms with van der Waals surface area (Å²) in [5, 5.41) is 3.37. The van der Waals surface area contributed by atoms with Crippen molar-refractivity contribution in [1.29, 1.82) is 0 Å². The van der Waals surface area contributed by atoms with Crippen LogP contribution in [0.1, 0.15) is 36.5 Å². The Morgan fingerprint density at radius 2 is 2.16 bits per heavy atom. The summed E-state index contributed by atoms with van der Waals surface area (Å²) in [6.45, 7) is 9.35. The number of hydrogen-bond acceptors (Lipinski definition) is 4. The molecule has 2 N–H and O–H groups in total. The van der Waals surface area contributed by atoms with Crippen LogP contribution in [0.4, 0.5) is 0 Å². The van der Waals surface area contributed by atoms with Crippen molar-refractivity contribution in [2.45, 2.75) is 26.8 Å². The number of carbonyl (C=O) groups is 1. The van der Waals surface area contributed by atoms with Crippen LogP contribution in [0.15, 0.2) is 12.1 Å². The van der Waals surface area contributed by atoms with E-state index in [1.165, 1.54) is 13.5 Å². The third kappa shape index (κ3) is 5.44. The van der Waals surface area contributed by atoms with E-state index in [9.17, 15) is 4.79 Å². The Balaban J connectivity index is 2.25. The maximum absolute atomic E-state index is 11.3. The number of nitrogens with one attached hydrogen (secondary N) is 2. The Kier molecular flexibility index (Phi) is 7.22. The summed E-state index contributed by atoms with van der Waals surface area (Å²) in [6.07, 6.45) is 1.19. The van der Waals surface area contributed by atoms with Crippen molar-refractivity contribution in [3.8, 4) is 0 Å². The van der Waals surface area contributed by atoms with Crippen LogP contribution in [0.5, 0.6) is 0 Å². The van der Waals surface area contributed by atoms with Crippen LogP contribution < -0.4 is 5.32 Å². The molecule has 0 amide bonds. The van der Waals surface area contributed by atoms with Gasteiger partial charge in [0.25, 0.3) is 0 Å². The predicted octanol–water partition coefficient (Wildman–Crippen LogP) is 1.62. The van der Waals surface area contributed by atoms with E-state index >= 15 is 0 Å². The molecule has 1 rings (SSSR count). The molecule has 0 saturated carbocycles. The zero-order valence-electron chi connectivity index (χ0n) is 12.2. The Bertz CT molecular complexity index is 377. The SMILES string of the molecule is CCCN(CC)CCNCc1ccc(C(=O)OC)[nH]1. The molecule has 1 aromatic heterocycles. The second-order valence-electron chi connectivity index (χ2n) is 4.50. The smallest absolute Gasteiger partial charge is 0.354 e. The van der Waals surface area contributed by atoms with Gasteiger partial charge in [-0.2, -0.15) is 0 Å². The van der Waals surface area contributed by atoms with Gasteiger partial charge in [-0.15, -0.1) is 0 Å². The van der Waals surface area contributed by atoms with Crippen LogP contribution in [0.2, 0.25) is 0 Å². The first kappa shape index (κ1) is 15.7. The van der Waals surface area contributed by atoms with E-state index in [1.807, 2.05) is 6.07 Å². The maximum Gasteiger partial charge on any atom is 0.354 e. The van der Waals surface area contributed by atoms with Crippen molar-refractivity contribution >= 4 is 5.97 Å². The van der Waals surface area contributed by atoms with E-state index in [0.29, 0.717) is 5.69 Å². The number of likely N-dealkylation sites (N-methyl/N-ethyl adjacent to an activating group) is 1. The van der Waals surface area contributed by atoms with E-state index in [1.54, 1.807) is 6.07 Å². The van der Waals surface area contributed by atoms with E-state index in [2.05, 4.69) is 33.8 Å². The topological polar surface area (TPSA) is 57.4 Å². The van der Waals surface area contributed by atoms with Gasteiger partial charge < -0.3 is 19.9 Å². The summed E-state index contributed by atoms with van der Waals surface area (Å²) in [5.41, 5.74) is 1.50. The molecule has 1 aromatic rings. The Labute approximate surface area is 115 Å². The van der Waals surface area contributed by atoms with E-state index in [-0.39, 0.29) is 5.97 Å². The highest BCUT2D eigenvalue weighted by Crippen LogP contribution is 2.03. The molecule has 0 radical (unpaired) electrons. The molecule has 19 heavy (non-hydrogen) atoms. The highest BCUT2D eigenvalue weighted by atomic mass is 16.5. The molecule has 0 spiro atoms. The summed E-state index contributed by atoms with van der Waals surface area (Å²) in [4.78, 5) is 16.7. The normalized spacial score (nSPS) is 10.9. The zero-order valence-corrected chi connectivity index (χ0v) is 12.2. The number of aromatic nitrogens is 1. The standard InChI is InChI=1S/C14H25N3O2/c1-4-9-17(5-2)10-8-15-11-12-6-7-13(16-12)14(18)19-3/h6-7,15-16H,4-5,8-11H2,1-3H3. The summed E-state index contributed by atoms with van der Waals surface area (Å²) in [6, 6.07) is 3.65. The lowest BCUT2D eigenvalue weighted by molar-refractivity contribution is 0.0594. The van der Waals surface area contributed by atoms with Crippen molar-refractivity contribution in [2.75, 3.05) is 33.3 Å². The van der Waals surface area contributed by atoms with Crippen molar-refractivity contribution in [2.24, 2.45) is 0 Å². The number of rotatable bonds is 9. The quantitative estimate of drug-likeness (QED) is 0.527. The highest BCUT2D eigenvalue weighted by molar-refractivity contribution is 5.87. The molecule has 0 fully saturated rings. The van der Waals surface area contributed by atoms with Crippen LogP contribution in [0.3, 0.4) is 0 Å². The third-order valence-electron chi connectivity index (χ3n) is 3.06. The second-order valence-corrected chi connectivity index (χ2v) is 4.50. The lowest BCUT2D eigenvalue weighted by Gasteiger charge is -2.19. The Hall–Kier alpha value is -1.33. The van der Waals surface area contributed by atoms with Crippen molar-refractivity contribution < 1.29 is 9.53 Å². The van der Waals surface area contributed by atoms with Gasteiger partial charge in [-0.3, -0.25) is 0 Å². The van der Waals surface area contributed by atoms with E-state index < -0.39 is 0 Å². The van der Waals surface area contributed by atoms with Gasteiger partial charge in [0.05, 0.1) is 7.11 Å². The molecule has 0 aliphatic carbocycles. The van der Waals surface area contributed by atoms with Gasteiger partial charge in [-0.05, 0) is 31.6 Å². The first-order valence-corrected chi connectivity index (χ1v) is 6.90. The number of aromatic amines is 1. The monoisotopic (exact) mass is 267 g/mol. The van der Waals surface area contributed by atoms with Gasteiger partial charge in [-0.1, -0.05) is 13.8 Å². The molecule has 5 heteroatoms. The number of ether oxygens (including phenoxy) is 1. The predicted molar refractivity (Wildman–Crippen MR) is 76.2 cm³/mol. The zero-order chi connectivity index (χ0) is 14.1. The molecule has 0 bridgehead atoms. The van der Waals surface area contributed by atoms with Crippen LogP contribution in [-0.4, -0.2) is 49.1 Å². The van der Waals surface area contributed by atoms with Gasteiger partial charge in [0, 0.05) is 25.3 Å². The molecular formula is C14H25N3O2. The van der Waals surface area contributed by atoms with Crippen molar-refractivity contribution in [1.82, 2.24) is 15.2 Å². The molecule has 108 valence electrons. The average Bonchev–Trinajstić information content (AvgIpc) is 2.90. The largest absolute Gasteiger partial charge is 0.464 e. The van der Waals surface area contributed by atoms with Crippen LogP contribution in [-0.2, 0) is 11.3 Å². The van der Waals surface area contributed by atoms with Crippen molar-refractivity contribution in [3.05, 3.63) is 23.5 Å². The number of H-pyrrole nitrogens is 1. The van der Waals surface area contributed by atoms with Gasteiger partial charge in [0.15, 0.2) is 0 Å². The van der Waals surface area contributed by atoms with Gasteiger partial charge >= 0.3 is 5.97 Å². The van der Waals surface area contributed by atoms with E-state index in [0.717, 1.165) is 38.4 Å². The van der Waals surface area contributed by atoms with E-state index in [4.69, 9.17) is 0 Å². The average molecular weight is 267 g/mol. The highest BCUT2D eigenvalue weighted by Gasteiger charge is 2.07. The maximum atomic E-state index is 11.3. The second kappa shape index (κ2) is 8.72. The number of methoxy groups -OCH3 is 1. The van der Waals surface area contributed by atoms with Gasteiger partial charge in [0.2, 0.25) is 0 Å². The van der Waals surface area contributed by atoms with Crippen LogP contribution in [0.25, 0.3) is 0 Å². The molecule has 0 aliphatic rings.